The zero-order chi connectivity index (χ0) is 26.9. The highest BCUT2D eigenvalue weighted by Gasteiger charge is 2.13. The molecular formula is C26H26BrN7O3S. The van der Waals surface area contributed by atoms with E-state index in [4.69, 9.17) is 15.3 Å². The number of halogens is 1. The van der Waals surface area contributed by atoms with Crippen LogP contribution in [0.3, 0.4) is 0 Å². The van der Waals surface area contributed by atoms with Crippen molar-refractivity contribution in [3.8, 4) is 11.5 Å². The first kappa shape index (κ1) is 27.0. The number of methoxy groups -OCH3 is 1. The Bertz CT molecular complexity index is 1440. The molecule has 4 N–H and O–H groups in total. The largest absolute Gasteiger partial charge is 0.497 e. The van der Waals surface area contributed by atoms with E-state index in [1.165, 1.54) is 4.68 Å². The fourth-order valence-electron chi connectivity index (χ4n) is 3.34. The lowest BCUT2D eigenvalue weighted by Gasteiger charge is -2.10. The molecule has 0 aliphatic heterocycles. The number of carbonyl (C=O) groups excluding carboxylic acids is 1. The average Bonchev–Trinajstić information content (AvgIpc) is 3.27. The van der Waals surface area contributed by atoms with E-state index in [-0.39, 0.29) is 17.6 Å². The standard InChI is InChI=1S/C26H26BrN7O3S/c1-17-12-21(36-2)10-11-22(17)30-24(35)16-38-26-33-32-25(34(26)28)31-29-14-19-7-3-4-9-23(19)37-15-18-6-5-8-20(27)13-18/h3-14H,15-16,28H2,1-2H3,(H,30,35)(H,31,32)/b29-14+. The maximum atomic E-state index is 12.4. The van der Waals surface area contributed by atoms with Crippen LogP contribution in [0.15, 0.2) is 81.5 Å². The van der Waals surface area contributed by atoms with Crippen LogP contribution in [0.25, 0.3) is 0 Å². The van der Waals surface area contributed by atoms with Crippen molar-refractivity contribution in [1.82, 2.24) is 14.9 Å². The van der Waals surface area contributed by atoms with Crippen LogP contribution in [0, 0.1) is 6.92 Å². The van der Waals surface area contributed by atoms with Crippen molar-refractivity contribution in [3.05, 3.63) is 87.9 Å². The molecule has 38 heavy (non-hydrogen) atoms. The summed E-state index contributed by atoms with van der Waals surface area (Å²) in [7, 11) is 1.60. The smallest absolute Gasteiger partial charge is 0.264 e. The van der Waals surface area contributed by atoms with Gasteiger partial charge in [0, 0.05) is 15.7 Å². The Kier molecular flexibility index (Phi) is 9.22. The van der Waals surface area contributed by atoms with Gasteiger partial charge in [-0.2, -0.15) is 5.10 Å². The molecule has 0 saturated carbocycles. The van der Waals surface area contributed by atoms with Gasteiger partial charge in [-0.1, -0.05) is 52.0 Å². The van der Waals surface area contributed by atoms with Gasteiger partial charge >= 0.3 is 0 Å². The van der Waals surface area contributed by atoms with Gasteiger partial charge in [0.05, 0.1) is 19.1 Å². The number of amides is 1. The third-order valence-corrected chi connectivity index (χ3v) is 6.71. The normalized spacial score (nSPS) is 10.9. The molecule has 0 fully saturated rings. The molecule has 0 saturated heterocycles. The van der Waals surface area contributed by atoms with Crippen LogP contribution in [0.5, 0.6) is 11.5 Å². The molecule has 0 unspecified atom stereocenters. The lowest BCUT2D eigenvalue weighted by molar-refractivity contribution is -0.113. The fourth-order valence-corrected chi connectivity index (χ4v) is 4.44. The number of aromatic nitrogens is 3. The Labute approximate surface area is 232 Å². The van der Waals surface area contributed by atoms with E-state index in [0.29, 0.717) is 23.2 Å². The van der Waals surface area contributed by atoms with E-state index >= 15 is 0 Å². The van der Waals surface area contributed by atoms with E-state index in [1.807, 2.05) is 61.5 Å². The number of ether oxygens (including phenoxy) is 2. The van der Waals surface area contributed by atoms with E-state index < -0.39 is 0 Å². The maximum Gasteiger partial charge on any atom is 0.264 e. The van der Waals surface area contributed by atoms with Gasteiger partial charge in [-0.15, -0.1) is 10.2 Å². The first-order chi connectivity index (χ1) is 18.4. The van der Waals surface area contributed by atoms with Gasteiger partial charge in [-0.3, -0.25) is 4.79 Å². The second-order valence-corrected chi connectivity index (χ2v) is 9.88. The number of aryl methyl sites for hydroxylation is 1. The second kappa shape index (κ2) is 13.0. The number of nitrogens with one attached hydrogen (secondary N) is 2. The van der Waals surface area contributed by atoms with Crippen molar-refractivity contribution in [2.24, 2.45) is 5.10 Å². The van der Waals surface area contributed by atoms with Crippen LogP contribution in [0.2, 0.25) is 0 Å². The maximum absolute atomic E-state index is 12.4. The molecule has 0 atom stereocenters. The SMILES string of the molecule is COc1ccc(NC(=O)CSc2nnc(N/N=C/c3ccccc3OCc3cccc(Br)c3)n2N)c(C)c1. The van der Waals surface area contributed by atoms with Gasteiger partial charge in [0.15, 0.2) is 0 Å². The number of nitrogens with two attached hydrogens (primary N) is 1. The average molecular weight is 597 g/mol. The number of benzene rings is 3. The molecule has 0 aliphatic rings. The second-order valence-electron chi connectivity index (χ2n) is 8.02. The number of anilines is 2. The molecule has 1 heterocycles. The summed E-state index contributed by atoms with van der Waals surface area (Å²) in [6.07, 6.45) is 1.61. The highest BCUT2D eigenvalue weighted by Crippen LogP contribution is 2.23. The van der Waals surface area contributed by atoms with Crippen molar-refractivity contribution in [2.45, 2.75) is 18.7 Å². The number of rotatable bonds is 11. The van der Waals surface area contributed by atoms with Crippen LogP contribution in [0.1, 0.15) is 16.7 Å². The summed E-state index contributed by atoms with van der Waals surface area (Å²) < 4.78 is 13.4. The zero-order valence-electron chi connectivity index (χ0n) is 20.7. The number of hydrazone groups is 1. The minimum atomic E-state index is -0.196. The molecule has 0 radical (unpaired) electrons. The molecule has 1 aromatic heterocycles. The molecule has 10 nitrogen and oxygen atoms in total. The van der Waals surface area contributed by atoms with Crippen LogP contribution in [-0.4, -0.2) is 39.9 Å². The van der Waals surface area contributed by atoms with E-state index in [9.17, 15) is 4.79 Å². The molecule has 0 aliphatic carbocycles. The minimum absolute atomic E-state index is 0.104. The van der Waals surface area contributed by atoms with Crippen molar-refractivity contribution in [1.29, 1.82) is 0 Å². The predicted octanol–water partition coefficient (Wildman–Crippen LogP) is 4.83. The topological polar surface area (TPSA) is 129 Å². The Morgan fingerprint density at radius 2 is 2.00 bits per heavy atom. The van der Waals surface area contributed by atoms with E-state index in [0.717, 1.165) is 38.7 Å². The van der Waals surface area contributed by atoms with Crippen LogP contribution in [0.4, 0.5) is 11.6 Å². The molecule has 4 aromatic rings. The third kappa shape index (κ3) is 7.26. The Morgan fingerprint density at radius 3 is 2.79 bits per heavy atom. The Hall–Kier alpha value is -4.03. The molecular weight excluding hydrogens is 570 g/mol. The zero-order valence-corrected chi connectivity index (χ0v) is 23.1. The first-order valence-corrected chi connectivity index (χ1v) is 13.2. The number of carbonyl (C=O) groups is 1. The third-order valence-electron chi connectivity index (χ3n) is 5.28. The first-order valence-electron chi connectivity index (χ1n) is 11.5. The van der Waals surface area contributed by atoms with Gasteiger partial charge in [-0.05, 0) is 60.5 Å². The van der Waals surface area contributed by atoms with Crippen LogP contribution < -0.4 is 26.1 Å². The summed E-state index contributed by atoms with van der Waals surface area (Å²) in [4.78, 5) is 12.4. The number of para-hydroxylation sites is 1. The quantitative estimate of drug-likeness (QED) is 0.0973. The van der Waals surface area contributed by atoms with Crippen LogP contribution in [-0.2, 0) is 11.4 Å². The lowest BCUT2D eigenvalue weighted by atomic mass is 10.2. The van der Waals surface area contributed by atoms with Crippen molar-refractivity contribution in [2.75, 3.05) is 29.4 Å². The highest BCUT2D eigenvalue weighted by atomic mass is 79.9. The summed E-state index contributed by atoms with van der Waals surface area (Å²) in [5.41, 5.74) is 6.21. The van der Waals surface area contributed by atoms with Gasteiger partial charge in [0.25, 0.3) is 5.95 Å². The highest BCUT2D eigenvalue weighted by molar-refractivity contribution is 9.10. The Morgan fingerprint density at radius 1 is 1.16 bits per heavy atom. The van der Waals surface area contributed by atoms with E-state index in [1.54, 1.807) is 25.5 Å². The van der Waals surface area contributed by atoms with Crippen molar-refractivity contribution < 1.29 is 14.3 Å². The van der Waals surface area contributed by atoms with Gasteiger partial charge in [0.1, 0.15) is 18.1 Å². The predicted molar refractivity (Wildman–Crippen MR) is 153 cm³/mol. The molecule has 3 aromatic carbocycles. The lowest BCUT2D eigenvalue weighted by Crippen LogP contribution is -2.17. The van der Waals surface area contributed by atoms with Crippen molar-refractivity contribution in [3.63, 3.8) is 0 Å². The molecule has 12 heteroatoms. The number of hydrogen-bond acceptors (Lipinski definition) is 9. The number of hydrogen-bond donors (Lipinski definition) is 3. The molecule has 196 valence electrons. The fraction of sp³-hybridized carbons (Fsp3) is 0.154. The Balaban J connectivity index is 1.31. The molecule has 1 amide bonds. The monoisotopic (exact) mass is 595 g/mol. The summed E-state index contributed by atoms with van der Waals surface area (Å²) in [5, 5.41) is 15.5. The minimum Gasteiger partial charge on any atom is -0.497 e. The summed E-state index contributed by atoms with van der Waals surface area (Å²) in [6.45, 7) is 2.31. The summed E-state index contributed by atoms with van der Waals surface area (Å²) in [5.74, 6) is 7.63. The number of nitrogens with zero attached hydrogens (tertiary/aromatic N) is 4. The van der Waals surface area contributed by atoms with Gasteiger partial charge in [-0.25, -0.2) is 10.1 Å². The van der Waals surface area contributed by atoms with Crippen LogP contribution >= 0.6 is 27.7 Å². The van der Waals surface area contributed by atoms with Gasteiger partial charge in [0.2, 0.25) is 11.1 Å². The summed E-state index contributed by atoms with van der Waals surface area (Å²) in [6, 6.07) is 20.9. The summed E-state index contributed by atoms with van der Waals surface area (Å²) >= 11 is 4.63. The molecule has 0 spiro atoms. The molecule has 0 bridgehead atoms. The van der Waals surface area contributed by atoms with Crippen molar-refractivity contribution >= 4 is 51.4 Å². The molecule has 4 rings (SSSR count). The number of thioether (sulfide) groups is 1. The van der Waals surface area contributed by atoms with E-state index in [2.05, 4.69) is 42.0 Å². The number of nitrogen functional groups attached to an aromatic ring is 1. The van der Waals surface area contributed by atoms with Gasteiger partial charge < -0.3 is 20.6 Å².